The van der Waals surface area contributed by atoms with E-state index in [1.165, 1.54) is 0 Å². The second kappa shape index (κ2) is 3.31. The van der Waals surface area contributed by atoms with Crippen LogP contribution in [0.3, 0.4) is 0 Å². The molecule has 0 bridgehead atoms. The number of hydrogen-bond donors (Lipinski definition) is 0. The fraction of sp³-hybridized carbons (Fsp3) is 0.100. The maximum absolute atomic E-state index is 6.04. The highest BCUT2D eigenvalue weighted by Gasteiger charge is 2.07. The number of nitrogens with zero attached hydrogens (tertiary/aromatic N) is 5. The summed E-state index contributed by atoms with van der Waals surface area (Å²) in [6, 6.07) is 1.88. The number of rotatable bonds is 1. The predicted octanol–water partition coefficient (Wildman–Crippen LogP) is 1.78. The summed E-state index contributed by atoms with van der Waals surface area (Å²) in [6.07, 6.45) is 7.10. The largest absolute Gasteiger partial charge is 0.275 e. The minimum atomic E-state index is 0.397. The molecular weight excluding hydrogens is 226 g/mol. The minimum Gasteiger partial charge on any atom is -0.275 e. The Morgan fingerprint density at radius 1 is 1.38 bits per heavy atom. The third-order valence-corrected chi connectivity index (χ3v) is 2.61. The summed E-state index contributed by atoms with van der Waals surface area (Å²) in [5.74, 6) is 0. The van der Waals surface area contributed by atoms with E-state index >= 15 is 0 Å². The van der Waals surface area contributed by atoms with Gasteiger partial charge in [0.05, 0.1) is 11.9 Å². The van der Waals surface area contributed by atoms with Gasteiger partial charge in [0, 0.05) is 37.3 Å². The van der Waals surface area contributed by atoms with Crippen molar-refractivity contribution in [3.8, 4) is 11.3 Å². The average Bonchev–Trinajstić information content (AvgIpc) is 2.85. The van der Waals surface area contributed by atoms with Crippen molar-refractivity contribution in [2.75, 3.05) is 0 Å². The first kappa shape index (κ1) is 9.35. The fourth-order valence-electron chi connectivity index (χ4n) is 1.59. The maximum atomic E-state index is 6.04. The van der Waals surface area contributed by atoms with Crippen LogP contribution < -0.4 is 0 Å². The smallest absolute Gasteiger partial charge is 0.209 e. The van der Waals surface area contributed by atoms with Gasteiger partial charge in [-0.1, -0.05) is 0 Å². The van der Waals surface area contributed by atoms with Crippen LogP contribution >= 0.6 is 11.6 Å². The van der Waals surface area contributed by atoms with E-state index < -0.39 is 0 Å². The van der Waals surface area contributed by atoms with E-state index in [4.69, 9.17) is 11.6 Å². The van der Waals surface area contributed by atoms with Gasteiger partial charge >= 0.3 is 0 Å². The summed E-state index contributed by atoms with van der Waals surface area (Å²) in [7, 11) is 1.86. The zero-order valence-corrected chi connectivity index (χ0v) is 9.26. The first-order chi connectivity index (χ1) is 7.74. The SMILES string of the molecule is Cn1cc(-c2cc3nccn3c(Cl)n2)cn1. The molecule has 16 heavy (non-hydrogen) atoms. The topological polar surface area (TPSA) is 48.0 Å². The molecule has 0 N–H and O–H groups in total. The van der Waals surface area contributed by atoms with Crippen LogP contribution in [0.1, 0.15) is 0 Å². The van der Waals surface area contributed by atoms with E-state index in [1.807, 2.05) is 19.3 Å². The summed E-state index contributed by atoms with van der Waals surface area (Å²) in [5, 5.41) is 4.49. The van der Waals surface area contributed by atoms with Crippen molar-refractivity contribution in [3.63, 3.8) is 0 Å². The summed E-state index contributed by atoms with van der Waals surface area (Å²) in [6.45, 7) is 0. The molecule has 0 aliphatic rings. The normalized spacial score (nSPS) is 11.1. The van der Waals surface area contributed by atoms with Gasteiger partial charge in [-0.25, -0.2) is 9.97 Å². The highest BCUT2D eigenvalue weighted by Crippen LogP contribution is 2.20. The highest BCUT2D eigenvalue weighted by atomic mass is 35.5. The third-order valence-electron chi connectivity index (χ3n) is 2.35. The molecule has 0 fully saturated rings. The van der Waals surface area contributed by atoms with Crippen LogP contribution in [0, 0.1) is 0 Å². The van der Waals surface area contributed by atoms with Gasteiger partial charge in [-0.2, -0.15) is 5.10 Å². The molecule has 80 valence electrons. The quantitative estimate of drug-likeness (QED) is 0.602. The molecule has 5 nitrogen and oxygen atoms in total. The summed E-state index contributed by atoms with van der Waals surface area (Å²) in [5.41, 5.74) is 2.48. The van der Waals surface area contributed by atoms with Gasteiger partial charge in [-0.05, 0) is 11.6 Å². The molecule has 3 aromatic heterocycles. The Morgan fingerprint density at radius 3 is 3.00 bits per heavy atom. The monoisotopic (exact) mass is 233 g/mol. The molecule has 0 spiro atoms. The zero-order chi connectivity index (χ0) is 11.1. The van der Waals surface area contributed by atoms with Gasteiger partial charge in [0.15, 0.2) is 0 Å². The molecule has 0 amide bonds. The van der Waals surface area contributed by atoms with Crippen molar-refractivity contribution < 1.29 is 0 Å². The van der Waals surface area contributed by atoms with E-state index in [0.29, 0.717) is 5.28 Å². The molecule has 0 aliphatic carbocycles. The van der Waals surface area contributed by atoms with Crippen molar-refractivity contribution in [2.45, 2.75) is 0 Å². The van der Waals surface area contributed by atoms with E-state index in [1.54, 1.807) is 27.7 Å². The first-order valence-electron chi connectivity index (χ1n) is 4.73. The zero-order valence-electron chi connectivity index (χ0n) is 8.50. The van der Waals surface area contributed by atoms with Crippen LogP contribution in [-0.2, 0) is 7.05 Å². The van der Waals surface area contributed by atoms with E-state index in [2.05, 4.69) is 15.1 Å². The van der Waals surface area contributed by atoms with Crippen LogP contribution in [0.2, 0.25) is 5.28 Å². The molecule has 0 atom stereocenters. The lowest BCUT2D eigenvalue weighted by Gasteiger charge is -2.00. The lowest BCUT2D eigenvalue weighted by atomic mass is 10.2. The number of fused-ring (bicyclic) bond motifs is 1. The number of hydrogen-bond acceptors (Lipinski definition) is 3. The molecule has 0 saturated heterocycles. The van der Waals surface area contributed by atoms with Crippen molar-refractivity contribution in [2.24, 2.45) is 7.05 Å². The first-order valence-corrected chi connectivity index (χ1v) is 5.10. The van der Waals surface area contributed by atoms with Crippen molar-refractivity contribution in [3.05, 3.63) is 36.1 Å². The Bertz CT molecular complexity index is 654. The van der Waals surface area contributed by atoms with Crippen LogP contribution in [0.25, 0.3) is 16.9 Å². The van der Waals surface area contributed by atoms with Gasteiger partial charge in [0.25, 0.3) is 0 Å². The van der Waals surface area contributed by atoms with E-state index in [-0.39, 0.29) is 0 Å². The lowest BCUT2D eigenvalue weighted by Crippen LogP contribution is -1.92. The number of imidazole rings is 1. The molecule has 3 aromatic rings. The maximum Gasteiger partial charge on any atom is 0.209 e. The average molecular weight is 234 g/mol. The predicted molar refractivity (Wildman–Crippen MR) is 60.2 cm³/mol. The van der Waals surface area contributed by atoms with Crippen molar-refractivity contribution in [1.29, 1.82) is 0 Å². The Morgan fingerprint density at radius 2 is 2.25 bits per heavy atom. The van der Waals surface area contributed by atoms with Crippen LogP contribution in [-0.4, -0.2) is 24.1 Å². The molecule has 0 aromatic carbocycles. The third kappa shape index (κ3) is 1.37. The minimum absolute atomic E-state index is 0.397. The van der Waals surface area contributed by atoms with Crippen molar-refractivity contribution in [1.82, 2.24) is 24.1 Å². The second-order valence-electron chi connectivity index (χ2n) is 3.47. The van der Waals surface area contributed by atoms with E-state index in [0.717, 1.165) is 16.9 Å². The van der Waals surface area contributed by atoms with Crippen LogP contribution in [0.4, 0.5) is 0 Å². The van der Waals surface area contributed by atoms with E-state index in [9.17, 15) is 0 Å². The standard InChI is InChI=1S/C10H8ClN5/c1-15-6-7(5-13-15)8-4-9-12-2-3-16(9)10(11)14-8/h2-6H,1H3. The molecular formula is C10H8ClN5. The molecule has 3 rings (SSSR count). The van der Waals surface area contributed by atoms with Crippen LogP contribution in [0.5, 0.6) is 0 Å². The molecule has 6 heteroatoms. The van der Waals surface area contributed by atoms with Crippen LogP contribution in [0.15, 0.2) is 30.9 Å². The van der Waals surface area contributed by atoms with Gasteiger partial charge in [-0.15, -0.1) is 0 Å². The number of aromatic nitrogens is 5. The Hall–Kier alpha value is -1.88. The molecule has 3 heterocycles. The lowest BCUT2D eigenvalue weighted by molar-refractivity contribution is 0.768. The molecule has 0 aliphatic heterocycles. The number of aryl methyl sites for hydroxylation is 1. The summed E-state index contributed by atoms with van der Waals surface area (Å²) >= 11 is 6.04. The highest BCUT2D eigenvalue weighted by molar-refractivity contribution is 6.28. The number of halogens is 1. The van der Waals surface area contributed by atoms with Gasteiger partial charge in [0.2, 0.25) is 5.28 Å². The Labute approximate surface area is 96.3 Å². The van der Waals surface area contributed by atoms with Gasteiger partial charge < -0.3 is 0 Å². The van der Waals surface area contributed by atoms with Gasteiger partial charge in [-0.3, -0.25) is 9.08 Å². The fourth-order valence-corrected chi connectivity index (χ4v) is 1.82. The Balaban J connectivity index is 2.24. The van der Waals surface area contributed by atoms with Gasteiger partial charge in [0.1, 0.15) is 5.65 Å². The second-order valence-corrected chi connectivity index (χ2v) is 3.81. The molecule has 0 radical (unpaired) electrons. The molecule has 0 saturated carbocycles. The summed E-state index contributed by atoms with van der Waals surface area (Å²) in [4.78, 5) is 8.48. The van der Waals surface area contributed by atoms with Crippen molar-refractivity contribution >= 4 is 17.2 Å². The summed E-state index contributed by atoms with van der Waals surface area (Å²) < 4.78 is 3.45. The molecule has 0 unspecified atom stereocenters. The Kier molecular flexibility index (Phi) is 1.94.